The maximum absolute atomic E-state index is 12.3. The fourth-order valence-corrected chi connectivity index (χ4v) is 4.74. The Morgan fingerprint density at radius 2 is 1.62 bits per heavy atom. The zero-order valence-corrected chi connectivity index (χ0v) is 26.4. The van der Waals surface area contributed by atoms with Gasteiger partial charge in [0.05, 0.1) is 25.9 Å². The van der Waals surface area contributed by atoms with Crippen LogP contribution in [0.25, 0.3) is 0 Å². The third-order valence-corrected chi connectivity index (χ3v) is 6.75. The lowest BCUT2D eigenvalue weighted by Crippen LogP contribution is -2.44. The number of carbonyl (C=O) groups excluding carboxylic acids is 5. The number of hydrogen-bond donors (Lipinski definition) is 5. The summed E-state index contributed by atoms with van der Waals surface area (Å²) in [6.07, 6.45) is 3.29. The van der Waals surface area contributed by atoms with Crippen LogP contribution in [0.5, 0.6) is 0 Å². The number of carboxylic acids is 1. The van der Waals surface area contributed by atoms with Gasteiger partial charge in [0, 0.05) is 30.6 Å². The molecule has 0 heterocycles. The summed E-state index contributed by atoms with van der Waals surface area (Å²) in [6.45, 7) is 10.3. The number of nitrogens with one attached hydrogen (secondary N) is 4. The van der Waals surface area contributed by atoms with E-state index < -0.39 is 35.3 Å². The van der Waals surface area contributed by atoms with Gasteiger partial charge in [-0.05, 0) is 31.6 Å². The summed E-state index contributed by atoms with van der Waals surface area (Å²) in [6, 6.07) is -1.89. The zero-order chi connectivity index (χ0) is 32.0. The molecule has 0 rings (SSSR count). The number of ether oxygens (including phenoxy) is 2. The average Bonchev–Trinajstić information content (AvgIpc) is 2.90. The SMILES string of the molecule is CCCC(C=O)NC(=O)CCC(NC(=O)COCCOCCNC(=O)CCCSNC(=O)C(C)(C)CC(C)C)C(=O)O. The van der Waals surface area contributed by atoms with E-state index in [1.54, 1.807) is 0 Å². The van der Waals surface area contributed by atoms with Crippen LogP contribution in [0.4, 0.5) is 0 Å². The van der Waals surface area contributed by atoms with Crippen molar-refractivity contribution >= 4 is 47.8 Å². The fraction of sp³-hybridized carbons (Fsp3) is 0.786. The molecule has 4 amide bonds. The first-order chi connectivity index (χ1) is 19.8. The number of hydrogen-bond acceptors (Lipinski definition) is 9. The molecule has 0 aromatic carbocycles. The van der Waals surface area contributed by atoms with Crippen molar-refractivity contribution in [1.29, 1.82) is 0 Å². The van der Waals surface area contributed by atoms with Crippen molar-refractivity contribution in [3.63, 3.8) is 0 Å². The van der Waals surface area contributed by atoms with Crippen molar-refractivity contribution in [3.05, 3.63) is 0 Å². The van der Waals surface area contributed by atoms with Gasteiger partial charge in [-0.1, -0.05) is 53.0 Å². The van der Waals surface area contributed by atoms with E-state index in [4.69, 9.17) is 9.47 Å². The van der Waals surface area contributed by atoms with Gasteiger partial charge < -0.3 is 35.3 Å². The maximum atomic E-state index is 12.3. The summed E-state index contributed by atoms with van der Waals surface area (Å²) >= 11 is 1.31. The molecule has 0 aliphatic carbocycles. The third kappa shape index (κ3) is 20.2. The molecule has 5 N–H and O–H groups in total. The lowest BCUT2D eigenvalue weighted by molar-refractivity contribution is -0.143. The van der Waals surface area contributed by atoms with Crippen LogP contribution in [0.15, 0.2) is 0 Å². The quantitative estimate of drug-likeness (QED) is 0.0571. The molecule has 0 radical (unpaired) electrons. The lowest BCUT2D eigenvalue weighted by atomic mass is 9.83. The molecule has 2 unspecified atom stereocenters. The molecular weight excluding hydrogens is 568 g/mol. The highest BCUT2D eigenvalue weighted by Gasteiger charge is 2.28. The van der Waals surface area contributed by atoms with Crippen molar-refractivity contribution in [1.82, 2.24) is 20.7 Å². The molecule has 0 aromatic rings. The van der Waals surface area contributed by atoms with Crippen molar-refractivity contribution < 1.29 is 43.3 Å². The van der Waals surface area contributed by atoms with Crippen LogP contribution in [0.1, 0.15) is 79.6 Å². The highest BCUT2D eigenvalue weighted by atomic mass is 32.2. The number of amides is 4. The summed E-state index contributed by atoms with van der Waals surface area (Å²) in [5, 5.41) is 16.9. The second-order valence-electron chi connectivity index (χ2n) is 11.0. The normalized spacial score (nSPS) is 12.7. The number of carbonyl (C=O) groups is 6. The summed E-state index contributed by atoms with van der Waals surface area (Å²) in [5.41, 5.74) is -0.433. The fourth-order valence-electron chi connectivity index (χ4n) is 3.94. The van der Waals surface area contributed by atoms with Gasteiger partial charge in [-0.15, -0.1) is 0 Å². The van der Waals surface area contributed by atoms with Gasteiger partial charge in [0.2, 0.25) is 23.6 Å². The molecule has 14 heteroatoms. The maximum Gasteiger partial charge on any atom is 0.326 e. The smallest absolute Gasteiger partial charge is 0.326 e. The van der Waals surface area contributed by atoms with Crippen LogP contribution >= 0.6 is 11.9 Å². The Morgan fingerprint density at radius 3 is 2.24 bits per heavy atom. The number of aldehydes is 1. The molecule has 0 aromatic heterocycles. The minimum Gasteiger partial charge on any atom is -0.480 e. The second-order valence-corrected chi connectivity index (χ2v) is 11.9. The molecule has 13 nitrogen and oxygen atoms in total. The van der Waals surface area contributed by atoms with Crippen molar-refractivity contribution in [2.75, 3.05) is 38.7 Å². The van der Waals surface area contributed by atoms with Crippen LogP contribution in [0.2, 0.25) is 0 Å². The van der Waals surface area contributed by atoms with E-state index in [0.717, 1.165) is 6.42 Å². The van der Waals surface area contributed by atoms with Crippen LogP contribution in [0, 0.1) is 11.3 Å². The van der Waals surface area contributed by atoms with E-state index in [0.29, 0.717) is 50.2 Å². The molecule has 0 saturated heterocycles. The van der Waals surface area contributed by atoms with E-state index in [9.17, 15) is 33.9 Å². The van der Waals surface area contributed by atoms with Gasteiger partial charge in [0.1, 0.15) is 18.9 Å². The minimum atomic E-state index is -1.28. The van der Waals surface area contributed by atoms with Crippen LogP contribution in [-0.2, 0) is 38.2 Å². The van der Waals surface area contributed by atoms with Crippen LogP contribution < -0.4 is 20.7 Å². The Labute approximate surface area is 253 Å². The summed E-state index contributed by atoms with van der Waals surface area (Å²) in [5.74, 6) is -1.47. The van der Waals surface area contributed by atoms with E-state index in [2.05, 4.69) is 34.5 Å². The van der Waals surface area contributed by atoms with Crippen molar-refractivity contribution in [2.45, 2.75) is 91.6 Å². The van der Waals surface area contributed by atoms with Gasteiger partial charge in [-0.3, -0.25) is 23.9 Å². The summed E-state index contributed by atoms with van der Waals surface area (Å²) in [7, 11) is 0. The van der Waals surface area contributed by atoms with E-state index in [-0.39, 0.29) is 51.1 Å². The van der Waals surface area contributed by atoms with Gasteiger partial charge >= 0.3 is 5.97 Å². The van der Waals surface area contributed by atoms with Crippen LogP contribution in [-0.4, -0.2) is 91.8 Å². The Kier molecular flexibility index (Phi) is 21.4. The minimum absolute atomic E-state index is 0.00804. The summed E-state index contributed by atoms with van der Waals surface area (Å²) in [4.78, 5) is 70.5. The van der Waals surface area contributed by atoms with E-state index in [1.165, 1.54) is 11.9 Å². The predicted octanol–water partition coefficient (Wildman–Crippen LogP) is 1.59. The monoisotopic (exact) mass is 618 g/mol. The largest absolute Gasteiger partial charge is 0.480 e. The molecule has 0 saturated carbocycles. The molecular formula is C28H50N4O9S. The Hall–Kier alpha value is -2.71. The number of rotatable bonds is 25. The molecule has 0 fully saturated rings. The first-order valence-corrected chi connectivity index (χ1v) is 15.4. The van der Waals surface area contributed by atoms with Crippen molar-refractivity contribution in [2.24, 2.45) is 11.3 Å². The van der Waals surface area contributed by atoms with Gasteiger partial charge in [-0.25, -0.2) is 4.79 Å². The van der Waals surface area contributed by atoms with Gasteiger partial charge in [0.15, 0.2) is 0 Å². The highest BCUT2D eigenvalue weighted by molar-refractivity contribution is 7.97. The van der Waals surface area contributed by atoms with E-state index >= 15 is 0 Å². The Balaban J connectivity index is 3.91. The zero-order valence-electron chi connectivity index (χ0n) is 25.6. The van der Waals surface area contributed by atoms with E-state index in [1.807, 2.05) is 20.8 Å². The molecule has 0 bridgehead atoms. The van der Waals surface area contributed by atoms with Crippen molar-refractivity contribution in [3.8, 4) is 0 Å². The first-order valence-electron chi connectivity index (χ1n) is 14.4. The van der Waals surface area contributed by atoms with Gasteiger partial charge in [-0.2, -0.15) is 0 Å². The Morgan fingerprint density at radius 1 is 0.929 bits per heavy atom. The molecule has 0 aliphatic rings. The number of carboxylic acid groups (broad SMARTS) is 1. The molecule has 0 aliphatic heterocycles. The molecule has 242 valence electrons. The molecule has 42 heavy (non-hydrogen) atoms. The van der Waals surface area contributed by atoms with Crippen LogP contribution in [0.3, 0.4) is 0 Å². The average molecular weight is 619 g/mol. The highest BCUT2D eigenvalue weighted by Crippen LogP contribution is 2.26. The van der Waals surface area contributed by atoms with Gasteiger partial charge in [0.25, 0.3) is 0 Å². The lowest BCUT2D eigenvalue weighted by Gasteiger charge is -2.25. The Bertz CT molecular complexity index is 855. The number of aliphatic carboxylic acids is 1. The topological polar surface area (TPSA) is 189 Å². The molecule has 0 spiro atoms. The first kappa shape index (κ1) is 39.3. The summed E-state index contributed by atoms with van der Waals surface area (Å²) < 4.78 is 13.4. The third-order valence-electron chi connectivity index (χ3n) is 5.93. The predicted molar refractivity (Wildman–Crippen MR) is 159 cm³/mol. The molecule has 2 atom stereocenters. The second kappa shape index (κ2) is 22.8. The standard InChI is InChI=1S/C28H50N4O9S/c1-6-8-21(18-33)30-24(35)11-10-22(26(37)38)31-25(36)19-41-15-14-40-13-12-29-23(34)9-7-16-42-32-27(39)28(4,5)17-20(2)3/h18,20-22H,6-17,19H2,1-5H3,(H,29,34)(H,30,35)(H,31,36)(H,32,39)(H,37,38).